The van der Waals surface area contributed by atoms with Crippen LogP contribution in [0, 0.1) is 0 Å². The van der Waals surface area contributed by atoms with Crippen LogP contribution in [0.15, 0.2) is 47.5 Å². The smallest absolute Gasteiger partial charge is 0.195 e. The molecule has 2 aromatic carbocycles. The highest BCUT2D eigenvalue weighted by Gasteiger charge is 2.10. The lowest BCUT2D eigenvalue weighted by Crippen LogP contribution is -2.37. The van der Waals surface area contributed by atoms with Crippen molar-refractivity contribution in [3.8, 4) is 23.0 Å². The van der Waals surface area contributed by atoms with Crippen molar-refractivity contribution >= 4 is 11.6 Å². The molecular weight excluding hydrogens is 346 g/mol. The van der Waals surface area contributed by atoms with Gasteiger partial charge in [-0.1, -0.05) is 12.1 Å². The number of rotatable bonds is 8. The summed E-state index contributed by atoms with van der Waals surface area (Å²) in [5.41, 5.74) is 0.832. The fourth-order valence-electron chi connectivity index (χ4n) is 2.44. The van der Waals surface area contributed by atoms with E-state index in [9.17, 15) is 0 Å². The van der Waals surface area contributed by atoms with Gasteiger partial charge < -0.3 is 29.6 Å². The van der Waals surface area contributed by atoms with Gasteiger partial charge in [0.25, 0.3) is 0 Å². The minimum atomic E-state index is -0.0924. The van der Waals surface area contributed by atoms with Gasteiger partial charge in [-0.2, -0.15) is 0 Å². The number of methoxy groups -OCH3 is 3. The van der Waals surface area contributed by atoms with Crippen LogP contribution in [-0.4, -0.2) is 47.0 Å². The lowest BCUT2D eigenvalue weighted by Gasteiger charge is -2.19. The molecule has 2 aromatic rings. The summed E-state index contributed by atoms with van der Waals surface area (Å²) in [5, 5.41) is 6.46. The molecule has 0 heterocycles. The number of hydrogen-bond donors (Lipinski definition) is 2. The topological polar surface area (TPSA) is 73.3 Å². The third-order valence-electron chi connectivity index (χ3n) is 3.82. The van der Waals surface area contributed by atoms with Gasteiger partial charge >= 0.3 is 0 Å². The van der Waals surface area contributed by atoms with Crippen molar-refractivity contribution in [3.05, 3.63) is 42.5 Å². The maximum Gasteiger partial charge on any atom is 0.195 e. The summed E-state index contributed by atoms with van der Waals surface area (Å²) in [7, 11) is 6.54. The number of anilines is 1. The van der Waals surface area contributed by atoms with Crippen LogP contribution in [0.4, 0.5) is 5.69 Å². The molecule has 0 spiro atoms. The number of ether oxygens (including phenoxy) is 4. The van der Waals surface area contributed by atoms with Gasteiger partial charge in [0.15, 0.2) is 29.0 Å². The van der Waals surface area contributed by atoms with Gasteiger partial charge in [0.1, 0.15) is 6.10 Å². The predicted molar refractivity (Wildman–Crippen MR) is 108 cm³/mol. The van der Waals surface area contributed by atoms with Crippen LogP contribution in [0.1, 0.15) is 6.92 Å². The van der Waals surface area contributed by atoms with Gasteiger partial charge in [0.2, 0.25) is 0 Å². The fraction of sp³-hybridized carbons (Fsp3) is 0.350. The lowest BCUT2D eigenvalue weighted by atomic mass is 10.2. The van der Waals surface area contributed by atoms with Crippen LogP contribution in [0.25, 0.3) is 0 Å². The maximum absolute atomic E-state index is 5.94. The fourth-order valence-corrected chi connectivity index (χ4v) is 2.44. The molecule has 0 aliphatic heterocycles. The molecule has 0 aromatic heterocycles. The van der Waals surface area contributed by atoms with E-state index in [-0.39, 0.29) is 6.10 Å². The highest BCUT2D eigenvalue weighted by Crippen LogP contribution is 2.29. The van der Waals surface area contributed by atoms with E-state index in [2.05, 4.69) is 15.6 Å². The van der Waals surface area contributed by atoms with Gasteiger partial charge in [0, 0.05) is 18.8 Å². The zero-order valence-corrected chi connectivity index (χ0v) is 16.4. The summed E-state index contributed by atoms with van der Waals surface area (Å²) >= 11 is 0. The van der Waals surface area contributed by atoms with Crippen molar-refractivity contribution < 1.29 is 18.9 Å². The molecule has 0 fully saturated rings. The first-order chi connectivity index (χ1) is 13.1. The quantitative estimate of drug-likeness (QED) is 0.547. The molecule has 0 radical (unpaired) electrons. The average Bonchev–Trinajstić information content (AvgIpc) is 2.71. The standard InChI is InChI=1S/C20H27N3O4/c1-14(27-18-9-7-6-8-16(18)24-3)13-22-20(21-2)23-15-10-11-17(25-4)19(12-15)26-5/h6-12,14H,13H2,1-5H3,(H2,21,22,23). The highest BCUT2D eigenvalue weighted by atomic mass is 16.5. The number of hydrogen-bond acceptors (Lipinski definition) is 5. The average molecular weight is 373 g/mol. The van der Waals surface area contributed by atoms with Gasteiger partial charge in [-0.15, -0.1) is 0 Å². The second-order valence-corrected chi connectivity index (χ2v) is 5.73. The Bertz CT molecular complexity index is 765. The zero-order valence-electron chi connectivity index (χ0n) is 16.4. The predicted octanol–water partition coefficient (Wildman–Crippen LogP) is 3.17. The van der Waals surface area contributed by atoms with Gasteiger partial charge in [0.05, 0.1) is 27.9 Å². The Hall–Kier alpha value is -3.09. The van der Waals surface area contributed by atoms with Crippen LogP contribution in [0.3, 0.4) is 0 Å². The SMILES string of the molecule is CN=C(NCC(C)Oc1ccccc1OC)Nc1ccc(OC)c(OC)c1. The van der Waals surface area contributed by atoms with Crippen LogP contribution < -0.4 is 29.6 Å². The molecule has 1 atom stereocenters. The summed E-state index contributed by atoms with van der Waals surface area (Å²) in [6, 6.07) is 13.1. The molecule has 2 rings (SSSR count). The number of guanidine groups is 1. The van der Waals surface area contributed by atoms with E-state index in [0.29, 0.717) is 35.5 Å². The Labute approximate surface area is 160 Å². The highest BCUT2D eigenvalue weighted by molar-refractivity contribution is 5.93. The molecule has 27 heavy (non-hydrogen) atoms. The zero-order chi connectivity index (χ0) is 19.6. The first kappa shape index (κ1) is 20.2. The Morgan fingerprint density at radius 2 is 1.56 bits per heavy atom. The van der Waals surface area contributed by atoms with Crippen LogP contribution >= 0.6 is 0 Å². The van der Waals surface area contributed by atoms with Crippen molar-refractivity contribution in [3.63, 3.8) is 0 Å². The maximum atomic E-state index is 5.94. The largest absolute Gasteiger partial charge is 0.493 e. The normalized spacial score (nSPS) is 12.1. The van der Waals surface area contributed by atoms with Crippen molar-refractivity contribution in [2.75, 3.05) is 40.2 Å². The van der Waals surface area contributed by atoms with E-state index in [1.54, 1.807) is 28.4 Å². The third-order valence-corrected chi connectivity index (χ3v) is 3.82. The van der Waals surface area contributed by atoms with E-state index >= 15 is 0 Å². The Balaban J connectivity index is 1.93. The second-order valence-electron chi connectivity index (χ2n) is 5.73. The molecule has 7 nitrogen and oxygen atoms in total. The molecule has 0 aliphatic carbocycles. The van der Waals surface area contributed by atoms with Crippen molar-refractivity contribution in [1.82, 2.24) is 5.32 Å². The van der Waals surface area contributed by atoms with E-state index in [1.807, 2.05) is 49.4 Å². The van der Waals surface area contributed by atoms with Gasteiger partial charge in [-0.3, -0.25) is 4.99 Å². The minimum absolute atomic E-state index is 0.0924. The summed E-state index contributed by atoms with van der Waals surface area (Å²) < 4.78 is 21.8. The first-order valence-corrected chi connectivity index (χ1v) is 8.60. The molecule has 0 saturated heterocycles. The second kappa shape index (κ2) is 10.2. The van der Waals surface area contributed by atoms with E-state index in [4.69, 9.17) is 18.9 Å². The summed E-state index contributed by atoms with van der Waals surface area (Å²) in [5.74, 6) is 3.35. The number of para-hydroxylation sites is 2. The lowest BCUT2D eigenvalue weighted by molar-refractivity contribution is 0.214. The van der Waals surface area contributed by atoms with Crippen LogP contribution in [-0.2, 0) is 0 Å². The van der Waals surface area contributed by atoms with Gasteiger partial charge in [-0.05, 0) is 31.2 Å². The number of nitrogens with one attached hydrogen (secondary N) is 2. The third kappa shape index (κ3) is 5.70. The van der Waals surface area contributed by atoms with Crippen molar-refractivity contribution in [2.45, 2.75) is 13.0 Å². The van der Waals surface area contributed by atoms with Crippen LogP contribution in [0.5, 0.6) is 23.0 Å². The number of aliphatic imine (C=N–C) groups is 1. The molecular formula is C20H27N3O4. The molecule has 146 valence electrons. The van der Waals surface area contributed by atoms with E-state index < -0.39 is 0 Å². The molecule has 0 amide bonds. The monoisotopic (exact) mass is 373 g/mol. The molecule has 0 aliphatic rings. The summed E-state index contributed by atoms with van der Waals surface area (Å²) in [6.45, 7) is 2.54. The Morgan fingerprint density at radius 1 is 0.926 bits per heavy atom. The summed E-state index contributed by atoms with van der Waals surface area (Å²) in [6.07, 6.45) is -0.0924. The molecule has 2 N–H and O–H groups in total. The van der Waals surface area contributed by atoms with Crippen molar-refractivity contribution in [1.29, 1.82) is 0 Å². The first-order valence-electron chi connectivity index (χ1n) is 8.60. The molecule has 1 unspecified atom stereocenters. The Morgan fingerprint density at radius 3 is 2.19 bits per heavy atom. The molecule has 0 saturated carbocycles. The Kier molecular flexibility index (Phi) is 7.61. The summed E-state index contributed by atoms with van der Waals surface area (Å²) in [4.78, 5) is 4.24. The van der Waals surface area contributed by atoms with Crippen molar-refractivity contribution in [2.24, 2.45) is 4.99 Å². The number of nitrogens with zero attached hydrogens (tertiary/aromatic N) is 1. The molecule has 7 heteroatoms. The minimum Gasteiger partial charge on any atom is -0.493 e. The molecule has 0 bridgehead atoms. The van der Waals surface area contributed by atoms with Gasteiger partial charge in [-0.25, -0.2) is 0 Å². The number of benzene rings is 2. The van der Waals surface area contributed by atoms with E-state index in [1.165, 1.54) is 0 Å². The van der Waals surface area contributed by atoms with E-state index in [0.717, 1.165) is 5.69 Å². The van der Waals surface area contributed by atoms with Crippen LogP contribution in [0.2, 0.25) is 0 Å².